The van der Waals surface area contributed by atoms with Crippen molar-refractivity contribution in [2.75, 3.05) is 6.61 Å². The molecular formula is C23H33N3O3Si. The van der Waals surface area contributed by atoms with Crippen molar-refractivity contribution in [1.82, 2.24) is 0 Å². The highest BCUT2D eigenvalue weighted by molar-refractivity contribution is 6.77. The summed E-state index contributed by atoms with van der Waals surface area (Å²) in [5.41, 5.74) is -0.241. The van der Waals surface area contributed by atoms with Crippen molar-refractivity contribution < 1.29 is 14.5 Å². The second-order valence-electron chi connectivity index (χ2n) is 11.7. The van der Waals surface area contributed by atoms with E-state index in [-0.39, 0.29) is 16.5 Å². The van der Waals surface area contributed by atoms with Crippen LogP contribution in [-0.2, 0) is 25.8 Å². The molecule has 1 aromatic carbocycles. The first-order chi connectivity index (χ1) is 13.7. The number of nitrogens with zero attached hydrogens (tertiary/aromatic N) is 3. The van der Waals surface area contributed by atoms with Gasteiger partial charge < -0.3 is 4.74 Å². The van der Waals surface area contributed by atoms with Gasteiger partial charge in [-0.2, -0.15) is 20.4 Å². The molecule has 0 aliphatic carbocycles. The average molecular weight is 428 g/mol. The van der Waals surface area contributed by atoms with Crippen LogP contribution in [0.5, 0.6) is 0 Å². The Labute approximate surface area is 180 Å². The van der Waals surface area contributed by atoms with E-state index in [0.717, 1.165) is 11.1 Å². The van der Waals surface area contributed by atoms with Crippen LogP contribution in [0.15, 0.2) is 34.5 Å². The van der Waals surface area contributed by atoms with Gasteiger partial charge >= 0.3 is 0 Å². The molecule has 7 heteroatoms. The smallest absolute Gasteiger partial charge is 0.261 e. The van der Waals surface area contributed by atoms with Crippen LogP contribution in [0.25, 0.3) is 0 Å². The summed E-state index contributed by atoms with van der Waals surface area (Å²) in [5.74, 6) is -1.00. The molecule has 3 heterocycles. The van der Waals surface area contributed by atoms with Gasteiger partial charge in [-0.05, 0) is 11.6 Å². The Balaban J connectivity index is 1.79. The van der Waals surface area contributed by atoms with E-state index >= 15 is 0 Å². The topological polar surface area (TPSA) is 76.2 Å². The van der Waals surface area contributed by atoms with Crippen LogP contribution in [0.1, 0.15) is 52.2 Å². The van der Waals surface area contributed by atoms with Crippen LogP contribution in [0.4, 0.5) is 0 Å². The van der Waals surface area contributed by atoms with Gasteiger partial charge in [0.25, 0.3) is 5.79 Å². The first kappa shape index (κ1) is 21.6. The summed E-state index contributed by atoms with van der Waals surface area (Å²) >= 11 is 0. The van der Waals surface area contributed by atoms with Crippen LogP contribution >= 0.6 is 0 Å². The summed E-state index contributed by atoms with van der Waals surface area (Å²) in [5, 5.41) is 19.2. The fourth-order valence-electron chi connectivity index (χ4n) is 5.54. The molecule has 0 spiro atoms. The van der Waals surface area contributed by atoms with Gasteiger partial charge in [0.1, 0.15) is 0 Å². The SMILES string of the molecule is CC(C)(C)C12OOC1(c1cccc(C3(C#N)CC([Si](C)(C)C)N=N3)c1)OCC2(C)C. The molecule has 0 saturated carbocycles. The molecular weight excluding hydrogens is 394 g/mol. The van der Waals surface area contributed by atoms with Crippen molar-refractivity contribution in [2.24, 2.45) is 21.1 Å². The molecule has 30 heavy (non-hydrogen) atoms. The molecule has 0 amide bonds. The van der Waals surface area contributed by atoms with Crippen molar-refractivity contribution in [1.29, 1.82) is 5.26 Å². The zero-order chi connectivity index (χ0) is 22.2. The van der Waals surface area contributed by atoms with Crippen molar-refractivity contribution in [2.45, 2.75) is 83.3 Å². The highest BCUT2D eigenvalue weighted by Gasteiger charge is 2.81. The summed E-state index contributed by atoms with van der Waals surface area (Å²) in [6.07, 6.45) is 0.629. The standard InChI is InChI=1S/C23H33N3O3Si/c1-19(2,3)23-20(4,5)15-27-22(23,28-29-23)17-11-9-10-16(12-17)21(14-24)13-18(25-26-21)30(6,7)8/h9-12,18H,13,15H2,1-8H3. The summed E-state index contributed by atoms with van der Waals surface area (Å²) in [4.78, 5) is 11.7. The van der Waals surface area contributed by atoms with E-state index in [1.54, 1.807) is 0 Å². The molecule has 3 aliphatic rings. The fourth-order valence-corrected chi connectivity index (χ4v) is 6.85. The number of nitriles is 1. The maximum absolute atomic E-state index is 10.1. The van der Waals surface area contributed by atoms with Gasteiger partial charge in [-0.25, -0.2) is 4.89 Å². The van der Waals surface area contributed by atoms with Gasteiger partial charge in [-0.1, -0.05) is 72.5 Å². The van der Waals surface area contributed by atoms with E-state index in [9.17, 15) is 5.26 Å². The lowest BCUT2D eigenvalue weighted by Gasteiger charge is -2.61. The number of fused-ring (bicyclic) bond motifs is 1. The van der Waals surface area contributed by atoms with E-state index < -0.39 is 25.0 Å². The Hall–Kier alpha value is -1.59. The highest BCUT2D eigenvalue weighted by atomic mass is 28.3. The van der Waals surface area contributed by atoms with Crippen molar-refractivity contribution in [3.63, 3.8) is 0 Å². The highest BCUT2D eigenvalue weighted by Crippen LogP contribution is 2.69. The minimum Gasteiger partial charge on any atom is -0.341 e. The van der Waals surface area contributed by atoms with Crippen molar-refractivity contribution in [3.8, 4) is 6.07 Å². The van der Waals surface area contributed by atoms with Gasteiger partial charge in [0, 0.05) is 22.8 Å². The first-order valence-electron chi connectivity index (χ1n) is 10.7. The van der Waals surface area contributed by atoms with Gasteiger partial charge in [0.15, 0.2) is 11.1 Å². The molecule has 4 rings (SSSR count). The lowest BCUT2D eigenvalue weighted by atomic mass is 9.57. The molecule has 0 bridgehead atoms. The van der Waals surface area contributed by atoms with Crippen LogP contribution < -0.4 is 0 Å². The third-order valence-electron chi connectivity index (χ3n) is 7.15. The number of azo groups is 1. The van der Waals surface area contributed by atoms with Crippen LogP contribution in [-0.4, -0.2) is 25.9 Å². The van der Waals surface area contributed by atoms with Gasteiger partial charge in [0.05, 0.1) is 26.4 Å². The average Bonchev–Trinajstić information content (AvgIpc) is 3.12. The molecule has 1 aromatic rings. The molecule has 6 nitrogen and oxygen atoms in total. The largest absolute Gasteiger partial charge is 0.341 e. The molecule has 2 fully saturated rings. The Kier molecular flexibility index (Phi) is 4.49. The van der Waals surface area contributed by atoms with E-state index in [1.165, 1.54) is 0 Å². The van der Waals surface area contributed by atoms with Crippen molar-refractivity contribution in [3.05, 3.63) is 35.4 Å². The maximum atomic E-state index is 10.1. The molecule has 2 saturated heterocycles. The molecule has 0 aromatic heterocycles. The first-order valence-corrected chi connectivity index (χ1v) is 14.3. The summed E-state index contributed by atoms with van der Waals surface area (Å²) < 4.78 is 6.35. The Morgan fingerprint density at radius 3 is 2.30 bits per heavy atom. The van der Waals surface area contributed by atoms with E-state index in [4.69, 9.17) is 14.5 Å². The Bertz CT molecular complexity index is 942. The monoisotopic (exact) mass is 427 g/mol. The lowest BCUT2D eigenvalue weighted by molar-refractivity contribution is -0.626. The molecule has 4 atom stereocenters. The number of ether oxygens (including phenoxy) is 1. The van der Waals surface area contributed by atoms with E-state index in [1.807, 2.05) is 24.3 Å². The zero-order valence-electron chi connectivity index (χ0n) is 19.4. The van der Waals surface area contributed by atoms with Gasteiger partial charge in [-0.3, -0.25) is 0 Å². The summed E-state index contributed by atoms with van der Waals surface area (Å²) in [6.45, 7) is 18.1. The minimum atomic E-state index is -1.55. The normalized spacial score (nSPS) is 37.5. The predicted octanol–water partition coefficient (Wildman–Crippen LogP) is 5.46. The number of benzene rings is 1. The number of hydrogen-bond acceptors (Lipinski definition) is 6. The molecule has 0 radical (unpaired) electrons. The quantitative estimate of drug-likeness (QED) is 0.474. The van der Waals surface area contributed by atoms with Gasteiger partial charge in [-0.15, -0.1) is 0 Å². The second-order valence-corrected chi connectivity index (χ2v) is 17.1. The summed E-state index contributed by atoms with van der Waals surface area (Å²) in [7, 11) is -1.55. The molecule has 0 N–H and O–H groups in total. The van der Waals surface area contributed by atoms with E-state index in [2.05, 4.69) is 70.6 Å². The number of rotatable bonds is 3. The van der Waals surface area contributed by atoms with Crippen molar-refractivity contribution >= 4 is 8.07 Å². The second kappa shape index (κ2) is 6.23. The predicted molar refractivity (Wildman–Crippen MR) is 116 cm³/mol. The Morgan fingerprint density at radius 1 is 1.13 bits per heavy atom. The maximum Gasteiger partial charge on any atom is 0.261 e. The fraction of sp³-hybridized carbons (Fsp3) is 0.696. The minimum absolute atomic E-state index is 0.137. The number of hydrogen-bond donors (Lipinski definition) is 0. The van der Waals surface area contributed by atoms with E-state index in [0.29, 0.717) is 13.0 Å². The van der Waals surface area contributed by atoms with Gasteiger partial charge in [0.2, 0.25) is 0 Å². The van der Waals surface area contributed by atoms with Crippen LogP contribution in [0.3, 0.4) is 0 Å². The van der Waals surface area contributed by atoms with Crippen LogP contribution in [0.2, 0.25) is 19.6 Å². The molecule has 3 aliphatic heterocycles. The summed E-state index contributed by atoms with van der Waals surface area (Å²) in [6, 6.07) is 10.4. The third-order valence-corrected chi connectivity index (χ3v) is 9.47. The zero-order valence-corrected chi connectivity index (χ0v) is 20.4. The van der Waals surface area contributed by atoms with Crippen LogP contribution in [0, 0.1) is 22.2 Å². The Morgan fingerprint density at radius 2 is 1.80 bits per heavy atom. The molecule has 4 unspecified atom stereocenters. The molecule has 162 valence electrons. The lowest BCUT2D eigenvalue weighted by Crippen LogP contribution is -2.73. The third kappa shape index (κ3) is 2.57.